The Bertz CT molecular complexity index is 1160. The normalized spacial score (nSPS) is 14.4. The molecule has 27 heavy (non-hydrogen) atoms. The minimum atomic E-state index is -0.202. The third kappa shape index (κ3) is 3.36. The molecule has 0 aliphatic carbocycles. The number of nitrogens with one attached hydrogen (secondary N) is 1. The molecule has 3 heterocycles. The standard InChI is InChI=1S/C18H17ClN4O3S/c1-27-18-21-13-4-5-23(7-11(13)17(25)22-18)8-12-15(24)10-6-9(19)2-3-14(10)26-16(12)20/h2-3,6H,4-5,7-8,20H2,1H3,(H,21,22,25). The number of fused-ring (bicyclic) bond motifs is 2. The first-order valence-corrected chi connectivity index (χ1v) is 9.95. The van der Waals surface area contributed by atoms with Crippen LogP contribution in [0.25, 0.3) is 11.0 Å². The van der Waals surface area contributed by atoms with Crippen molar-refractivity contribution in [1.82, 2.24) is 14.9 Å². The number of anilines is 1. The molecule has 0 saturated carbocycles. The van der Waals surface area contributed by atoms with Crippen LogP contribution in [0.5, 0.6) is 0 Å². The lowest BCUT2D eigenvalue weighted by atomic mass is 10.1. The maximum absolute atomic E-state index is 12.9. The molecule has 0 radical (unpaired) electrons. The molecule has 1 aliphatic heterocycles. The van der Waals surface area contributed by atoms with Crippen LogP contribution in [0.3, 0.4) is 0 Å². The molecule has 9 heteroatoms. The summed E-state index contributed by atoms with van der Waals surface area (Å²) in [5.41, 5.74) is 7.87. The molecule has 0 amide bonds. The van der Waals surface area contributed by atoms with Gasteiger partial charge >= 0.3 is 0 Å². The summed E-state index contributed by atoms with van der Waals surface area (Å²) in [7, 11) is 0. The van der Waals surface area contributed by atoms with Crippen molar-refractivity contribution in [2.45, 2.75) is 24.7 Å². The number of H-pyrrole nitrogens is 1. The van der Waals surface area contributed by atoms with E-state index < -0.39 is 0 Å². The smallest absolute Gasteiger partial charge is 0.256 e. The predicted octanol–water partition coefficient (Wildman–Crippen LogP) is 2.39. The van der Waals surface area contributed by atoms with Crippen molar-refractivity contribution in [2.75, 3.05) is 18.5 Å². The lowest BCUT2D eigenvalue weighted by Crippen LogP contribution is -2.36. The molecular weight excluding hydrogens is 388 g/mol. The van der Waals surface area contributed by atoms with E-state index in [-0.39, 0.29) is 16.9 Å². The zero-order valence-corrected chi connectivity index (χ0v) is 16.1. The Labute approximate surface area is 163 Å². The van der Waals surface area contributed by atoms with Crippen LogP contribution >= 0.6 is 23.4 Å². The van der Waals surface area contributed by atoms with Gasteiger partial charge in [-0.05, 0) is 24.5 Å². The Kier molecular flexibility index (Phi) is 4.71. The van der Waals surface area contributed by atoms with E-state index in [4.69, 9.17) is 21.8 Å². The predicted molar refractivity (Wildman–Crippen MR) is 106 cm³/mol. The van der Waals surface area contributed by atoms with Crippen molar-refractivity contribution in [3.05, 3.63) is 60.6 Å². The minimum Gasteiger partial charge on any atom is -0.440 e. The van der Waals surface area contributed by atoms with Crippen LogP contribution in [0.4, 0.5) is 5.88 Å². The van der Waals surface area contributed by atoms with E-state index in [1.807, 2.05) is 11.2 Å². The molecule has 1 aliphatic rings. The van der Waals surface area contributed by atoms with Gasteiger partial charge in [-0.25, -0.2) is 4.98 Å². The molecule has 7 nitrogen and oxygen atoms in total. The van der Waals surface area contributed by atoms with Crippen molar-refractivity contribution < 1.29 is 4.42 Å². The Hall–Kier alpha value is -2.29. The van der Waals surface area contributed by atoms with Crippen LogP contribution in [0.2, 0.25) is 5.02 Å². The fraction of sp³-hybridized carbons (Fsp3) is 0.278. The summed E-state index contributed by atoms with van der Waals surface area (Å²) in [6, 6.07) is 4.86. The number of nitrogens with zero attached hydrogens (tertiary/aromatic N) is 2. The van der Waals surface area contributed by atoms with Gasteiger partial charge in [0.2, 0.25) is 0 Å². The monoisotopic (exact) mass is 404 g/mol. The fourth-order valence-electron chi connectivity index (χ4n) is 3.29. The van der Waals surface area contributed by atoms with E-state index in [2.05, 4.69) is 9.97 Å². The minimum absolute atomic E-state index is 0.0883. The molecule has 0 spiro atoms. The lowest BCUT2D eigenvalue weighted by molar-refractivity contribution is 0.239. The number of aromatic nitrogens is 2. The number of thioether (sulfide) groups is 1. The van der Waals surface area contributed by atoms with Crippen LogP contribution in [-0.4, -0.2) is 27.7 Å². The van der Waals surface area contributed by atoms with Gasteiger partial charge in [0.25, 0.3) is 5.56 Å². The second kappa shape index (κ2) is 7.03. The number of nitrogens with two attached hydrogens (primary N) is 1. The molecule has 0 saturated heterocycles. The average molecular weight is 405 g/mol. The third-order valence-electron chi connectivity index (χ3n) is 4.68. The Balaban J connectivity index is 1.68. The van der Waals surface area contributed by atoms with Crippen molar-refractivity contribution >= 4 is 40.2 Å². The van der Waals surface area contributed by atoms with Gasteiger partial charge in [0, 0.05) is 31.1 Å². The third-order valence-corrected chi connectivity index (χ3v) is 5.49. The van der Waals surface area contributed by atoms with Crippen LogP contribution in [0.1, 0.15) is 16.8 Å². The summed E-state index contributed by atoms with van der Waals surface area (Å²) in [6.45, 7) is 1.36. The second-order valence-corrected chi connectivity index (χ2v) is 7.61. The molecular formula is C18H17ClN4O3S. The first-order valence-electron chi connectivity index (χ1n) is 8.35. The second-order valence-electron chi connectivity index (χ2n) is 6.38. The van der Waals surface area contributed by atoms with E-state index >= 15 is 0 Å². The summed E-state index contributed by atoms with van der Waals surface area (Å²) >= 11 is 7.41. The van der Waals surface area contributed by atoms with E-state index in [0.717, 1.165) is 5.69 Å². The Morgan fingerprint density at radius 1 is 1.41 bits per heavy atom. The van der Waals surface area contributed by atoms with Crippen molar-refractivity contribution in [3.63, 3.8) is 0 Å². The number of aromatic amines is 1. The highest BCUT2D eigenvalue weighted by molar-refractivity contribution is 7.98. The van der Waals surface area contributed by atoms with Crippen molar-refractivity contribution in [3.8, 4) is 0 Å². The van der Waals surface area contributed by atoms with Crippen LogP contribution in [0.15, 0.2) is 37.4 Å². The van der Waals surface area contributed by atoms with Gasteiger partial charge in [-0.15, -0.1) is 0 Å². The molecule has 140 valence electrons. The van der Waals surface area contributed by atoms with E-state index in [1.165, 1.54) is 11.8 Å². The first kappa shape index (κ1) is 18.1. The number of rotatable bonds is 3. The molecule has 0 unspecified atom stereocenters. The summed E-state index contributed by atoms with van der Waals surface area (Å²) in [6.07, 6.45) is 2.51. The summed E-state index contributed by atoms with van der Waals surface area (Å²) < 4.78 is 5.60. The summed E-state index contributed by atoms with van der Waals surface area (Å²) in [4.78, 5) is 34.4. The molecule has 4 rings (SSSR count). The van der Waals surface area contributed by atoms with Gasteiger partial charge in [-0.2, -0.15) is 0 Å². The number of halogens is 1. The van der Waals surface area contributed by atoms with Crippen LogP contribution in [0, 0.1) is 0 Å². The van der Waals surface area contributed by atoms with Crippen LogP contribution in [-0.2, 0) is 19.5 Å². The number of nitrogen functional groups attached to an aromatic ring is 1. The van der Waals surface area contributed by atoms with Crippen LogP contribution < -0.4 is 16.7 Å². The van der Waals surface area contributed by atoms with E-state index in [1.54, 1.807) is 18.2 Å². The topological polar surface area (TPSA) is 105 Å². The molecule has 0 bridgehead atoms. The highest BCUT2D eigenvalue weighted by Gasteiger charge is 2.23. The van der Waals surface area contributed by atoms with Gasteiger partial charge in [-0.1, -0.05) is 23.4 Å². The number of hydrogen-bond acceptors (Lipinski definition) is 7. The largest absolute Gasteiger partial charge is 0.440 e. The maximum atomic E-state index is 12.9. The fourth-order valence-corrected chi connectivity index (χ4v) is 3.85. The Morgan fingerprint density at radius 3 is 3.00 bits per heavy atom. The summed E-state index contributed by atoms with van der Waals surface area (Å²) in [5, 5.41) is 1.47. The van der Waals surface area contributed by atoms with Gasteiger partial charge in [0.05, 0.1) is 22.2 Å². The molecule has 3 aromatic rings. The van der Waals surface area contributed by atoms with Crippen molar-refractivity contribution in [1.29, 1.82) is 0 Å². The number of benzene rings is 1. The average Bonchev–Trinajstić information content (AvgIpc) is 2.66. The van der Waals surface area contributed by atoms with E-state index in [0.29, 0.717) is 58.3 Å². The first-order chi connectivity index (χ1) is 13.0. The molecule has 1 aromatic carbocycles. The molecule has 3 N–H and O–H groups in total. The SMILES string of the molecule is CSc1nc2c(c(=O)[nH]1)CN(Cc1c(N)oc3ccc(Cl)cc3c1=O)CC2. The lowest BCUT2D eigenvalue weighted by Gasteiger charge is -2.27. The molecule has 0 fully saturated rings. The summed E-state index contributed by atoms with van der Waals surface area (Å²) in [5.74, 6) is 0.0883. The van der Waals surface area contributed by atoms with Gasteiger partial charge < -0.3 is 15.1 Å². The quantitative estimate of drug-likeness (QED) is 0.510. The molecule has 2 aromatic heterocycles. The van der Waals surface area contributed by atoms with Gasteiger partial charge in [-0.3, -0.25) is 14.5 Å². The van der Waals surface area contributed by atoms with E-state index in [9.17, 15) is 9.59 Å². The van der Waals surface area contributed by atoms with Gasteiger partial charge in [0.15, 0.2) is 16.5 Å². The van der Waals surface area contributed by atoms with Gasteiger partial charge in [0.1, 0.15) is 5.58 Å². The molecule has 0 atom stereocenters. The van der Waals surface area contributed by atoms with Crippen molar-refractivity contribution in [2.24, 2.45) is 0 Å². The zero-order valence-electron chi connectivity index (χ0n) is 14.5. The number of hydrogen-bond donors (Lipinski definition) is 2. The maximum Gasteiger partial charge on any atom is 0.256 e. The highest BCUT2D eigenvalue weighted by atomic mass is 35.5. The highest BCUT2D eigenvalue weighted by Crippen LogP contribution is 2.23. The zero-order chi connectivity index (χ0) is 19.1. The Morgan fingerprint density at radius 2 is 2.22 bits per heavy atom.